The number of hydrogen-bond acceptors (Lipinski definition) is 2. The van der Waals surface area contributed by atoms with Gasteiger partial charge in [0.15, 0.2) is 0 Å². The molecule has 12 heavy (non-hydrogen) atoms. The van der Waals surface area contributed by atoms with E-state index in [0.29, 0.717) is 0 Å². The first-order valence-electron chi connectivity index (χ1n) is 3.82. The number of aromatic amines is 1. The van der Waals surface area contributed by atoms with Crippen LogP contribution in [-0.4, -0.2) is 4.98 Å². The summed E-state index contributed by atoms with van der Waals surface area (Å²) in [7, 11) is 0. The molecule has 1 N–H and O–H groups in total. The molecule has 0 aliphatic heterocycles. The molecule has 1 aromatic heterocycles. The number of nitrogens with zero attached hydrogens (tertiary/aromatic N) is 1. The van der Waals surface area contributed by atoms with Gasteiger partial charge in [-0.1, -0.05) is 6.92 Å². The van der Waals surface area contributed by atoms with Crippen LogP contribution >= 0.6 is 0 Å². The summed E-state index contributed by atoms with van der Waals surface area (Å²) < 4.78 is 0. The summed E-state index contributed by atoms with van der Waals surface area (Å²) in [6, 6.07) is 3.47. The van der Waals surface area contributed by atoms with Crippen molar-refractivity contribution in [2.75, 3.05) is 0 Å². The van der Waals surface area contributed by atoms with Gasteiger partial charge >= 0.3 is 0 Å². The van der Waals surface area contributed by atoms with Gasteiger partial charge in [-0.2, -0.15) is 5.26 Å². The molecule has 0 aliphatic rings. The van der Waals surface area contributed by atoms with Crippen molar-refractivity contribution in [3.63, 3.8) is 0 Å². The zero-order chi connectivity index (χ0) is 9.14. The molecule has 0 bridgehead atoms. The van der Waals surface area contributed by atoms with E-state index in [-0.39, 0.29) is 11.1 Å². The predicted octanol–water partition coefficient (Wildman–Crippen LogP) is 1.12. The highest BCUT2D eigenvalue weighted by Gasteiger charge is 2.02. The van der Waals surface area contributed by atoms with Crippen molar-refractivity contribution in [3.05, 3.63) is 33.2 Å². The Hall–Kier alpha value is -1.56. The van der Waals surface area contributed by atoms with Crippen molar-refractivity contribution < 1.29 is 0 Å². The van der Waals surface area contributed by atoms with Crippen LogP contribution in [0.5, 0.6) is 0 Å². The molecule has 3 nitrogen and oxygen atoms in total. The van der Waals surface area contributed by atoms with Gasteiger partial charge in [0, 0.05) is 5.69 Å². The molecule has 1 rings (SSSR count). The van der Waals surface area contributed by atoms with E-state index in [4.69, 9.17) is 5.26 Å². The fourth-order valence-electron chi connectivity index (χ4n) is 1.12. The number of aromatic nitrogens is 1. The molecule has 0 fully saturated rings. The molecule has 0 saturated carbocycles. The molecule has 0 aromatic carbocycles. The number of nitrogens with one attached hydrogen (secondary N) is 1. The summed E-state index contributed by atoms with van der Waals surface area (Å²) in [6.45, 7) is 3.85. The lowest BCUT2D eigenvalue weighted by Gasteiger charge is -2.01. The highest BCUT2D eigenvalue weighted by Crippen LogP contribution is 2.03. The Morgan fingerprint density at radius 1 is 1.67 bits per heavy atom. The van der Waals surface area contributed by atoms with E-state index in [1.54, 1.807) is 6.07 Å². The SMILES string of the molecule is CCc1[nH]c(=O)c(C#N)cc1C. The summed E-state index contributed by atoms with van der Waals surface area (Å²) in [5.74, 6) is 0. The van der Waals surface area contributed by atoms with Gasteiger partial charge in [0.1, 0.15) is 11.6 Å². The lowest BCUT2D eigenvalue weighted by molar-refractivity contribution is 0.981. The van der Waals surface area contributed by atoms with E-state index < -0.39 is 0 Å². The standard InChI is InChI=1S/C9H10N2O/c1-3-8-6(2)4-7(5-10)9(12)11-8/h4H,3H2,1-2H3,(H,11,12). The van der Waals surface area contributed by atoms with E-state index >= 15 is 0 Å². The summed E-state index contributed by atoms with van der Waals surface area (Å²) in [5.41, 5.74) is 1.76. The quantitative estimate of drug-likeness (QED) is 0.672. The van der Waals surface area contributed by atoms with Crippen molar-refractivity contribution in [2.24, 2.45) is 0 Å². The van der Waals surface area contributed by atoms with Crippen LogP contribution in [0.3, 0.4) is 0 Å². The van der Waals surface area contributed by atoms with Crippen LogP contribution in [0.25, 0.3) is 0 Å². The number of pyridine rings is 1. The zero-order valence-electron chi connectivity index (χ0n) is 7.14. The van der Waals surface area contributed by atoms with E-state index in [0.717, 1.165) is 17.7 Å². The third-order valence-corrected chi connectivity index (χ3v) is 1.82. The van der Waals surface area contributed by atoms with Gasteiger partial charge in [-0.05, 0) is 25.0 Å². The Morgan fingerprint density at radius 3 is 2.83 bits per heavy atom. The topological polar surface area (TPSA) is 56.6 Å². The van der Waals surface area contributed by atoms with Crippen LogP contribution in [0.2, 0.25) is 0 Å². The van der Waals surface area contributed by atoms with Crippen molar-refractivity contribution in [3.8, 4) is 6.07 Å². The van der Waals surface area contributed by atoms with Crippen LogP contribution in [0.4, 0.5) is 0 Å². The maximum atomic E-state index is 11.1. The molecule has 1 aromatic rings. The first kappa shape index (κ1) is 8.54. The maximum absolute atomic E-state index is 11.1. The van der Waals surface area contributed by atoms with Crippen LogP contribution in [0, 0.1) is 18.3 Å². The Morgan fingerprint density at radius 2 is 2.33 bits per heavy atom. The smallest absolute Gasteiger partial charge is 0.266 e. The molecular formula is C9H10N2O. The second-order valence-electron chi connectivity index (χ2n) is 2.64. The normalized spacial score (nSPS) is 9.42. The number of hydrogen-bond donors (Lipinski definition) is 1. The van der Waals surface area contributed by atoms with Crippen LogP contribution in [0.15, 0.2) is 10.9 Å². The average molecular weight is 162 g/mol. The van der Waals surface area contributed by atoms with Gasteiger partial charge in [-0.25, -0.2) is 0 Å². The van der Waals surface area contributed by atoms with Gasteiger partial charge in [0.05, 0.1) is 0 Å². The van der Waals surface area contributed by atoms with E-state index in [1.165, 1.54) is 0 Å². The number of nitriles is 1. The number of rotatable bonds is 1. The van der Waals surface area contributed by atoms with Gasteiger partial charge < -0.3 is 4.98 Å². The highest BCUT2D eigenvalue weighted by molar-refractivity contribution is 5.32. The van der Waals surface area contributed by atoms with Crippen molar-refractivity contribution in [2.45, 2.75) is 20.3 Å². The molecule has 0 atom stereocenters. The van der Waals surface area contributed by atoms with E-state index in [9.17, 15) is 4.79 Å². The largest absolute Gasteiger partial charge is 0.325 e. The van der Waals surface area contributed by atoms with Crippen molar-refractivity contribution in [1.82, 2.24) is 4.98 Å². The van der Waals surface area contributed by atoms with Crippen molar-refractivity contribution in [1.29, 1.82) is 5.26 Å². The Bertz CT molecular complexity index is 384. The lowest BCUT2D eigenvalue weighted by atomic mass is 10.1. The fraction of sp³-hybridized carbons (Fsp3) is 0.333. The molecule has 0 spiro atoms. The summed E-state index contributed by atoms with van der Waals surface area (Å²) in [4.78, 5) is 13.8. The molecule has 3 heteroatoms. The Kier molecular flexibility index (Phi) is 2.29. The molecular weight excluding hydrogens is 152 g/mol. The zero-order valence-corrected chi connectivity index (χ0v) is 7.14. The number of aryl methyl sites for hydroxylation is 2. The van der Waals surface area contributed by atoms with Gasteiger partial charge in [-0.15, -0.1) is 0 Å². The average Bonchev–Trinajstić information content (AvgIpc) is 2.08. The molecule has 1 heterocycles. The highest BCUT2D eigenvalue weighted by atomic mass is 16.1. The molecule has 0 radical (unpaired) electrons. The third-order valence-electron chi connectivity index (χ3n) is 1.82. The molecule has 0 amide bonds. The summed E-state index contributed by atoms with van der Waals surface area (Å²) in [6.07, 6.45) is 0.785. The second-order valence-corrected chi connectivity index (χ2v) is 2.64. The summed E-state index contributed by atoms with van der Waals surface area (Å²) >= 11 is 0. The lowest BCUT2D eigenvalue weighted by Crippen LogP contribution is -2.13. The minimum Gasteiger partial charge on any atom is -0.325 e. The predicted molar refractivity (Wildman–Crippen MR) is 45.9 cm³/mol. The third kappa shape index (κ3) is 1.37. The van der Waals surface area contributed by atoms with Gasteiger partial charge in [-0.3, -0.25) is 4.79 Å². The molecule has 0 saturated heterocycles. The fourth-order valence-corrected chi connectivity index (χ4v) is 1.12. The van der Waals surface area contributed by atoms with E-state index in [2.05, 4.69) is 4.98 Å². The number of H-pyrrole nitrogens is 1. The second kappa shape index (κ2) is 3.22. The summed E-state index contributed by atoms with van der Waals surface area (Å²) in [5, 5.41) is 8.54. The molecule has 62 valence electrons. The van der Waals surface area contributed by atoms with Crippen LogP contribution in [-0.2, 0) is 6.42 Å². The molecule has 0 unspecified atom stereocenters. The van der Waals surface area contributed by atoms with Crippen molar-refractivity contribution >= 4 is 0 Å². The van der Waals surface area contributed by atoms with Gasteiger partial charge in [0.2, 0.25) is 0 Å². The maximum Gasteiger partial charge on any atom is 0.266 e. The molecule has 0 aliphatic carbocycles. The van der Waals surface area contributed by atoms with Crippen LogP contribution in [0.1, 0.15) is 23.7 Å². The Labute approximate surface area is 70.7 Å². The van der Waals surface area contributed by atoms with Crippen LogP contribution < -0.4 is 5.56 Å². The first-order valence-corrected chi connectivity index (χ1v) is 3.82. The first-order chi connectivity index (χ1) is 5.69. The van der Waals surface area contributed by atoms with E-state index in [1.807, 2.05) is 19.9 Å². The Balaban J connectivity index is 3.39. The minimum atomic E-state index is -0.292. The monoisotopic (exact) mass is 162 g/mol. The van der Waals surface area contributed by atoms with Gasteiger partial charge in [0.25, 0.3) is 5.56 Å². The minimum absolute atomic E-state index is 0.185.